The standard InChI is InChI=1S/C22H28N6O3/c1-3-23-22(30)24-17-6-4-16(5-7-17)20-25-19-14-28(15(2)29)9-8-18(19)21(26-20)27-10-12-31-13-11-27/h4-7H,3,8-14H2,1-2H3,(H2,23,24,30). The van der Waals surface area contributed by atoms with Crippen LogP contribution in [0.25, 0.3) is 11.4 Å². The van der Waals surface area contributed by atoms with Gasteiger partial charge in [-0.3, -0.25) is 4.79 Å². The molecule has 164 valence electrons. The number of aromatic nitrogens is 2. The average Bonchev–Trinajstić information content (AvgIpc) is 2.79. The van der Waals surface area contributed by atoms with E-state index >= 15 is 0 Å². The van der Waals surface area contributed by atoms with Gasteiger partial charge in [-0.25, -0.2) is 14.8 Å². The van der Waals surface area contributed by atoms with Crippen LogP contribution in [-0.2, 0) is 22.5 Å². The van der Waals surface area contributed by atoms with Gasteiger partial charge in [0, 0.05) is 49.9 Å². The Balaban J connectivity index is 1.66. The molecule has 0 unspecified atom stereocenters. The molecular formula is C22H28N6O3. The van der Waals surface area contributed by atoms with Gasteiger partial charge in [0.1, 0.15) is 5.82 Å². The molecule has 0 aliphatic carbocycles. The van der Waals surface area contributed by atoms with Gasteiger partial charge in [-0.05, 0) is 37.6 Å². The SMILES string of the molecule is CCNC(=O)Nc1ccc(-c2nc3c(c(N4CCOCC4)n2)CCN(C(C)=O)C3)cc1. The maximum atomic E-state index is 11.9. The van der Waals surface area contributed by atoms with E-state index in [4.69, 9.17) is 14.7 Å². The van der Waals surface area contributed by atoms with Gasteiger partial charge in [0.25, 0.3) is 0 Å². The van der Waals surface area contributed by atoms with E-state index in [1.165, 1.54) is 0 Å². The third-order valence-electron chi connectivity index (χ3n) is 5.54. The fourth-order valence-corrected chi connectivity index (χ4v) is 3.88. The highest BCUT2D eigenvalue weighted by atomic mass is 16.5. The molecule has 0 atom stereocenters. The molecular weight excluding hydrogens is 396 g/mol. The van der Waals surface area contributed by atoms with Crippen LogP contribution in [0, 0.1) is 0 Å². The summed E-state index contributed by atoms with van der Waals surface area (Å²) >= 11 is 0. The Morgan fingerprint density at radius 1 is 1.10 bits per heavy atom. The summed E-state index contributed by atoms with van der Waals surface area (Å²) in [5.74, 6) is 1.62. The molecule has 2 aliphatic heterocycles. The molecule has 9 heteroatoms. The van der Waals surface area contributed by atoms with Crippen LogP contribution in [0.3, 0.4) is 0 Å². The van der Waals surface area contributed by atoms with Gasteiger partial charge in [0.15, 0.2) is 5.82 Å². The first-order valence-corrected chi connectivity index (χ1v) is 10.7. The number of nitrogens with one attached hydrogen (secondary N) is 2. The Kier molecular flexibility index (Phi) is 6.31. The quantitative estimate of drug-likeness (QED) is 0.779. The van der Waals surface area contributed by atoms with Crippen LogP contribution in [0.4, 0.5) is 16.3 Å². The molecule has 9 nitrogen and oxygen atoms in total. The molecule has 3 amide bonds. The minimum Gasteiger partial charge on any atom is -0.378 e. The topological polar surface area (TPSA) is 99.7 Å². The molecule has 2 N–H and O–H groups in total. The van der Waals surface area contributed by atoms with Crippen LogP contribution in [0.5, 0.6) is 0 Å². The molecule has 4 rings (SSSR count). The van der Waals surface area contributed by atoms with Crippen molar-refractivity contribution >= 4 is 23.4 Å². The highest BCUT2D eigenvalue weighted by Crippen LogP contribution is 2.30. The van der Waals surface area contributed by atoms with E-state index in [2.05, 4.69) is 15.5 Å². The second kappa shape index (κ2) is 9.30. The molecule has 2 aliphatic rings. The number of urea groups is 1. The number of benzene rings is 1. The van der Waals surface area contributed by atoms with E-state index in [0.717, 1.165) is 42.1 Å². The number of hydrogen-bond acceptors (Lipinski definition) is 6. The monoisotopic (exact) mass is 424 g/mol. The van der Waals surface area contributed by atoms with Gasteiger partial charge < -0.3 is 25.2 Å². The lowest BCUT2D eigenvalue weighted by Gasteiger charge is -2.34. The summed E-state index contributed by atoms with van der Waals surface area (Å²) in [6.07, 6.45) is 0.747. The molecule has 1 saturated heterocycles. The first-order valence-electron chi connectivity index (χ1n) is 10.7. The number of anilines is 2. The molecule has 1 aromatic heterocycles. The summed E-state index contributed by atoms with van der Waals surface area (Å²) in [6, 6.07) is 7.24. The van der Waals surface area contributed by atoms with Crippen molar-refractivity contribution in [1.29, 1.82) is 0 Å². The summed E-state index contributed by atoms with van der Waals surface area (Å²) in [5.41, 5.74) is 3.58. The molecule has 0 bridgehead atoms. The predicted octanol–water partition coefficient (Wildman–Crippen LogP) is 2.03. The van der Waals surface area contributed by atoms with Crippen molar-refractivity contribution in [3.05, 3.63) is 35.5 Å². The lowest BCUT2D eigenvalue weighted by molar-refractivity contribution is -0.129. The number of carbonyl (C=O) groups excluding carboxylic acids is 2. The number of ether oxygens (including phenoxy) is 1. The fourth-order valence-electron chi connectivity index (χ4n) is 3.88. The molecule has 0 saturated carbocycles. The van der Waals surface area contributed by atoms with E-state index in [1.54, 1.807) is 6.92 Å². The second-order valence-corrected chi connectivity index (χ2v) is 7.65. The van der Waals surface area contributed by atoms with Crippen molar-refractivity contribution in [1.82, 2.24) is 20.2 Å². The Bertz CT molecular complexity index is 956. The molecule has 1 fully saturated rings. The number of nitrogens with zero attached hydrogens (tertiary/aromatic N) is 4. The first-order chi connectivity index (χ1) is 15.0. The van der Waals surface area contributed by atoms with E-state index in [0.29, 0.717) is 44.4 Å². The molecule has 31 heavy (non-hydrogen) atoms. The zero-order valence-electron chi connectivity index (χ0n) is 18.0. The van der Waals surface area contributed by atoms with Crippen LogP contribution < -0.4 is 15.5 Å². The molecule has 1 aromatic carbocycles. The molecule has 3 heterocycles. The van der Waals surface area contributed by atoms with Crippen LogP contribution in [0.1, 0.15) is 25.1 Å². The van der Waals surface area contributed by atoms with Crippen LogP contribution in [-0.4, -0.2) is 66.2 Å². The summed E-state index contributed by atoms with van der Waals surface area (Å²) in [7, 11) is 0. The third-order valence-corrected chi connectivity index (χ3v) is 5.54. The van der Waals surface area contributed by atoms with E-state index in [-0.39, 0.29) is 11.9 Å². The van der Waals surface area contributed by atoms with Gasteiger partial charge >= 0.3 is 6.03 Å². The summed E-state index contributed by atoms with van der Waals surface area (Å²) in [6.45, 7) is 8.13. The fraction of sp³-hybridized carbons (Fsp3) is 0.455. The van der Waals surface area contributed by atoms with Crippen LogP contribution in [0.2, 0.25) is 0 Å². The van der Waals surface area contributed by atoms with E-state index in [1.807, 2.05) is 36.1 Å². The summed E-state index contributed by atoms with van der Waals surface area (Å²) in [4.78, 5) is 37.5. The largest absolute Gasteiger partial charge is 0.378 e. The van der Waals surface area contributed by atoms with Gasteiger partial charge in [0.05, 0.1) is 25.5 Å². The number of morpholine rings is 1. The molecule has 0 spiro atoms. The lowest BCUT2D eigenvalue weighted by Crippen LogP contribution is -2.40. The number of rotatable bonds is 4. The second-order valence-electron chi connectivity index (χ2n) is 7.65. The Morgan fingerprint density at radius 2 is 1.84 bits per heavy atom. The van der Waals surface area contributed by atoms with Crippen LogP contribution >= 0.6 is 0 Å². The van der Waals surface area contributed by atoms with Gasteiger partial charge in [-0.1, -0.05) is 0 Å². The smallest absolute Gasteiger partial charge is 0.319 e. The highest BCUT2D eigenvalue weighted by molar-refractivity contribution is 5.89. The first kappa shape index (κ1) is 21.0. The predicted molar refractivity (Wildman–Crippen MR) is 118 cm³/mol. The zero-order chi connectivity index (χ0) is 21.8. The minimum atomic E-state index is -0.237. The number of amides is 3. The van der Waals surface area contributed by atoms with Crippen LogP contribution in [0.15, 0.2) is 24.3 Å². The Hall–Kier alpha value is -3.20. The summed E-state index contributed by atoms with van der Waals surface area (Å²) in [5, 5.41) is 5.50. The van der Waals surface area contributed by atoms with E-state index in [9.17, 15) is 9.59 Å². The molecule has 2 aromatic rings. The molecule has 0 radical (unpaired) electrons. The van der Waals surface area contributed by atoms with Gasteiger partial charge in [0.2, 0.25) is 5.91 Å². The minimum absolute atomic E-state index is 0.0551. The third kappa shape index (κ3) is 4.77. The van der Waals surface area contributed by atoms with E-state index < -0.39 is 0 Å². The lowest BCUT2D eigenvalue weighted by atomic mass is 10.0. The van der Waals surface area contributed by atoms with Gasteiger partial charge in [-0.2, -0.15) is 0 Å². The highest BCUT2D eigenvalue weighted by Gasteiger charge is 2.27. The number of fused-ring (bicyclic) bond motifs is 1. The van der Waals surface area contributed by atoms with Crippen molar-refractivity contribution < 1.29 is 14.3 Å². The van der Waals surface area contributed by atoms with Crippen molar-refractivity contribution in [3.63, 3.8) is 0 Å². The maximum absolute atomic E-state index is 11.9. The van der Waals surface area contributed by atoms with Gasteiger partial charge in [-0.15, -0.1) is 0 Å². The van der Waals surface area contributed by atoms with Crippen molar-refractivity contribution in [2.24, 2.45) is 0 Å². The maximum Gasteiger partial charge on any atom is 0.319 e. The Labute approximate surface area is 181 Å². The normalized spacial score (nSPS) is 15.9. The summed E-state index contributed by atoms with van der Waals surface area (Å²) < 4.78 is 5.51. The Morgan fingerprint density at radius 3 is 2.52 bits per heavy atom. The number of hydrogen-bond donors (Lipinski definition) is 2. The number of carbonyl (C=O) groups is 2. The average molecular weight is 425 g/mol. The zero-order valence-corrected chi connectivity index (χ0v) is 18.0. The van der Waals surface area contributed by atoms with Crippen molar-refractivity contribution in [2.45, 2.75) is 26.8 Å². The van der Waals surface area contributed by atoms with Crippen molar-refractivity contribution in [3.8, 4) is 11.4 Å². The van der Waals surface area contributed by atoms with Crippen molar-refractivity contribution in [2.75, 3.05) is 49.6 Å².